The molecule has 5 aromatic carbocycles. The number of fused-ring (bicyclic) bond motifs is 3. The van der Waals surface area contributed by atoms with Crippen LogP contribution in [0.1, 0.15) is 76.0 Å². The summed E-state index contributed by atoms with van der Waals surface area (Å²) in [5.74, 6) is 3.91. The third-order valence-electron chi connectivity index (χ3n) is 21.3. The van der Waals surface area contributed by atoms with Gasteiger partial charge < -0.3 is 78.7 Å². The lowest BCUT2D eigenvalue weighted by Gasteiger charge is -2.41. The minimum Gasteiger partial charge on any atom is -0.378 e. The van der Waals surface area contributed by atoms with Crippen LogP contribution < -0.4 is 25.4 Å². The second-order valence-electron chi connectivity index (χ2n) is 30.5. The van der Waals surface area contributed by atoms with Crippen molar-refractivity contribution in [2.24, 2.45) is 5.92 Å². The number of likely N-dealkylation sites (N-methyl/N-ethyl adjacent to an activating group) is 7. The second kappa shape index (κ2) is 48.1. The van der Waals surface area contributed by atoms with E-state index in [1.807, 2.05) is 81.8 Å². The molecule has 1 fully saturated rings. The fourth-order valence-electron chi connectivity index (χ4n) is 14.7. The molecule has 1 saturated heterocycles. The van der Waals surface area contributed by atoms with Crippen molar-refractivity contribution in [3.63, 3.8) is 0 Å². The number of rotatable bonds is 48. The van der Waals surface area contributed by atoms with E-state index in [-0.39, 0.29) is 136 Å². The minimum atomic E-state index is -3.85. The average Bonchev–Trinajstić information content (AvgIpc) is 0.781. The van der Waals surface area contributed by atoms with Crippen molar-refractivity contribution < 1.29 is 63.8 Å². The van der Waals surface area contributed by atoms with Crippen LogP contribution in [0.5, 0.6) is 0 Å². The molecule has 27 nitrogen and oxygen atoms in total. The normalized spacial score (nSPS) is 18.4. The second-order valence-corrected chi connectivity index (χ2v) is 39.0. The third-order valence-corrected chi connectivity index (χ3v) is 28.1. The smallest absolute Gasteiger partial charge is 0.317 e. The van der Waals surface area contributed by atoms with Crippen molar-refractivity contribution in [2.45, 2.75) is 70.2 Å². The standard InChI is InChI=1S/C83H117Cl6N13O14S3/c1-95-54-72(69-48-63(84)51-78(87)75(69)57-95)60-15-9-18-66(45-60)117(8,106)93-24-33-111-39-41-113-35-29-98(4)81(103)90-21-12-26-102(27-13-22-91-82(104)99(5)30-36-114-42-40-112-34-25-94-118(107,108)67-19-10-16-61(46-67)73-55-96(2)58-76-70(73)49-64(85)52-79(76)88)28-14-23-92-83(105)100(6)31-37-115-43-44-116-38-32-101(7)119(109,110)68-20-11-17-62(47-68)74-56-97(3)59-77-71(74)50-65(86)53-80(77)89/h9-11,15-20,45-53,72-74,77,80,94H,8,12-14,21-44,54-59H2,1-7H3,(H,90,103)(H,91,104)(H,92,105)(H,93,106)/t72-,73-,74-,77?,80?,117?/m0/s1. The summed E-state index contributed by atoms with van der Waals surface area (Å²) < 4.78 is 110. The summed E-state index contributed by atoms with van der Waals surface area (Å²) in [5, 5.41) is 11.6. The van der Waals surface area contributed by atoms with Gasteiger partial charge in [-0.15, -0.1) is 11.6 Å². The highest BCUT2D eigenvalue weighted by Crippen LogP contribution is 2.44. The van der Waals surface area contributed by atoms with E-state index in [4.69, 9.17) is 98.0 Å². The summed E-state index contributed by atoms with van der Waals surface area (Å²) in [6.07, 6.45) is 5.70. The van der Waals surface area contributed by atoms with E-state index in [2.05, 4.69) is 50.9 Å². The average molecular weight is 1830 g/mol. The molecule has 3 aliphatic heterocycles. The fourth-order valence-corrected chi connectivity index (χ4v) is 20.0. The van der Waals surface area contributed by atoms with Crippen molar-refractivity contribution >= 4 is 123 Å². The SMILES string of the molecule is C=S(=O)(NCCOCCOCCN(C)C(=O)NCCCN(CCCNC(=O)N(C)CCOCCOCCNS(=O)(=O)c1cccc([C@@H]2CN(C)Cc3c(Cl)cc(Cl)cc32)c1)CCCNC(=O)N(C)CCOCCOCCN(C)S(=O)(=O)c1cccc([C@@H]2CN(C)CC3C2=CC(Cl)=CC3Cl)c1)c1cccc([C@@H]2CN(C)Cc3c(Cl)cc(Cl)cc32)c1. The molecule has 0 spiro atoms. The number of allylic oxidation sites excluding steroid dienone is 3. The van der Waals surface area contributed by atoms with Crippen LogP contribution in [0.25, 0.3) is 0 Å². The van der Waals surface area contributed by atoms with Gasteiger partial charge in [0.05, 0.1) is 104 Å². The molecule has 4 aliphatic rings. The largest absolute Gasteiger partial charge is 0.378 e. The molecule has 119 heavy (non-hydrogen) atoms. The number of carbonyl (C=O) groups is 3. The number of urea groups is 3. The zero-order chi connectivity index (χ0) is 85.8. The van der Waals surface area contributed by atoms with Gasteiger partial charge in [-0.2, -0.15) is 4.31 Å². The fraction of sp³-hybridized carbons (Fsp3) is 0.542. The molecule has 0 saturated carbocycles. The summed E-state index contributed by atoms with van der Waals surface area (Å²) in [6.45, 7) is 11.7. The highest BCUT2D eigenvalue weighted by atomic mass is 35.5. The molecule has 6 atom stereocenters. The quantitative estimate of drug-likeness (QED) is 0.0138. The zero-order valence-corrected chi connectivity index (χ0v) is 76.1. The molecule has 0 radical (unpaired) electrons. The van der Waals surface area contributed by atoms with E-state index in [9.17, 15) is 35.4 Å². The number of halogens is 6. The Bertz CT molecular complexity index is 4390. The Hall–Kier alpha value is -5.47. The van der Waals surface area contributed by atoms with Gasteiger partial charge in [-0.3, -0.25) is 0 Å². The van der Waals surface area contributed by atoms with E-state index < -0.39 is 29.8 Å². The van der Waals surface area contributed by atoms with Crippen molar-refractivity contribution in [1.82, 2.24) is 64.0 Å². The summed E-state index contributed by atoms with van der Waals surface area (Å²) in [4.78, 5) is 53.8. The Kier molecular flexibility index (Phi) is 39.4. The molecule has 9 rings (SSSR count). The van der Waals surface area contributed by atoms with Crippen LogP contribution >= 0.6 is 69.6 Å². The van der Waals surface area contributed by atoms with Gasteiger partial charge in [-0.05, 0) is 178 Å². The number of nitrogens with zero attached hydrogens (tertiary/aromatic N) is 8. The summed E-state index contributed by atoms with van der Waals surface area (Å²) in [7, 11) is 2.14. The third kappa shape index (κ3) is 29.9. The number of hydrogen-bond acceptors (Lipinski definition) is 18. The van der Waals surface area contributed by atoms with E-state index in [1.165, 1.54) is 21.2 Å². The Balaban J connectivity index is 0.639. The van der Waals surface area contributed by atoms with Gasteiger partial charge in [0.1, 0.15) is 0 Å². The Morgan fingerprint density at radius 2 is 0.857 bits per heavy atom. The van der Waals surface area contributed by atoms with Gasteiger partial charge in [0.2, 0.25) is 20.0 Å². The molecule has 5 aromatic rings. The van der Waals surface area contributed by atoms with Crippen LogP contribution in [0.3, 0.4) is 0 Å². The molecule has 0 aromatic heterocycles. The zero-order valence-electron chi connectivity index (χ0n) is 69.1. The van der Waals surface area contributed by atoms with E-state index in [0.29, 0.717) is 154 Å². The number of amides is 6. The first-order valence-electron chi connectivity index (χ1n) is 40.2. The number of nitrogens with one attached hydrogen (secondary N) is 5. The van der Waals surface area contributed by atoms with Crippen LogP contribution in [0.2, 0.25) is 20.1 Å². The van der Waals surface area contributed by atoms with Crippen molar-refractivity contribution in [1.29, 1.82) is 0 Å². The molecule has 3 heterocycles. The highest BCUT2D eigenvalue weighted by molar-refractivity contribution is 7.98. The number of likely N-dealkylation sites (tertiary alicyclic amines) is 1. The predicted octanol–water partition coefficient (Wildman–Crippen LogP) is 10.1. The van der Waals surface area contributed by atoms with Crippen molar-refractivity contribution in [2.75, 3.05) is 233 Å². The number of piperidine rings is 1. The number of benzene rings is 5. The van der Waals surface area contributed by atoms with Gasteiger partial charge in [0.25, 0.3) is 0 Å². The van der Waals surface area contributed by atoms with Crippen LogP contribution in [0.4, 0.5) is 14.4 Å². The van der Waals surface area contributed by atoms with Gasteiger partial charge in [0, 0.05) is 180 Å². The monoisotopic (exact) mass is 1830 g/mol. The molecule has 5 N–H and O–H groups in total. The number of sulfonamides is 2. The molecule has 36 heteroatoms. The molecule has 1 aliphatic carbocycles. The number of hydrogen-bond donors (Lipinski definition) is 5. The van der Waals surface area contributed by atoms with Crippen LogP contribution in [-0.2, 0) is 71.3 Å². The van der Waals surface area contributed by atoms with Gasteiger partial charge in [-0.1, -0.05) is 100.0 Å². The number of alkyl halides is 1. The molecule has 658 valence electrons. The molecular weight excluding hydrogens is 1710 g/mol. The molecule has 0 bridgehead atoms. The lowest BCUT2D eigenvalue weighted by atomic mass is 9.76. The van der Waals surface area contributed by atoms with Gasteiger partial charge >= 0.3 is 18.1 Å². The van der Waals surface area contributed by atoms with E-state index in [1.54, 1.807) is 74.6 Å². The predicted molar refractivity (Wildman–Crippen MR) is 474 cm³/mol. The topological polar surface area (TPSA) is 278 Å². The summed E-state index contributed by atoms with van der Waals surface area (Å²) in [5.41, 5.74) is 7.88. The number of carbonyl (C=O) groups excluding carboxylic acids is 3. The molecule has 6 amide bonds. The summed E-state index contributed by atoms with van der Waals surface area (Å²) in [6, 6.07) is 28.2. The van der Waals surface area contributed by atoms with Crippen LogP contribution in [0.15, 0.2) is 135 Å². The summed E-state index contributed by atoms with van der Waals surface area (Å²) >= 11 is 39.2. The molecule has 3 unspecified atom stereocenters. The highest BCUT2D eigenvalue weighted by Gasteiger charge is 2.38. The Morgan fingerprint density at radius 1 is 0.462 bits per heavy atom. The van der Waals surface area contributed by atoms with Crippen molar-refractivity contribution in [3.05, 3.63) is 179 Å². The van der Waals surface area contributed by atoms with Gasteiger partial charge in [0.15, 0.2) is 0 Å². The van der Waals surface area contributed by atoms with E-state index >= 15 is 0 Å². The maximum atomic E-state index is 13.8. The van der Waals surface area contributed by atoms with Crippen LogP contribution in [-0.4, -0.2) is 322 Å². The Labute approximate surface area is 734 Å². The minimum absolute atomic E-state index is 0.0132. The Morgan fingerprint density at radius 3 is 1.33 bits per heavy atom. The van der Waals surface area contributed by atoms with Gasteiger partial charge in [-0.25, -0.2) is 44.9 Å². The van der Waals surface area contributed by atoms with Crippen LogP contribution in [0, 0.1) is 5.92 Å². The van der Waals surface area contributed by atoms with E-state index in [0.717, 1.165) is 57.6 Å². The first-order valence-corrected chi connectivity index (χ1v) is 47.1. The first kappa shape index (κ1) is 97.3. The molecular formula is C83H117Cl6N13O14S3. The lowest BCUT2D eigenvalue weighted by Crippen LogP contribution is -2.42. The first-order chi connectivity index (χ1) is 56.9. The maximum Gasteiger partial charge on any atom is 0.317 e. The number of ether oxygens (including phenoxy) is 6. The lowest BCUT2D eigenvalue weighted by molar-refractivity contribution is 0.0413. The maximum absolute atomic E-state index is 13.8. The van der Waals surface area contributed by atoms with Crippen molar-refractivity contribution in [3.8, 4) is 0 Å².